The molecule has 0 bridgehead atoms. The quantitative estimate of drug-likeness (QED) is 0.308. The summed E-state index contributed by atoms with van der Waals surface area (Å²) < 4.78 is 31.9. The van der Waals surface area contributed by atoms with Crippen molar-refractivity contribution in [3.8, 4) is 22.3 Å². The number of hydrogen-bond donors (Lipinski definition) is 3. The summed E-state index contributed by atoms with van der Waals surface area (Å²) in [5.41, 5.74) is 9.77. The second kappa shape index (κ2) is 8.31. The predicted octanol–water partition coefficient (Wildman–Crippen LogP) is 3.37. The first kappa shape index (κ1) is 24.6. The highest BCUT2D eigenvalue weighted by molar-refractivity contribution is 5.98. The number of nitrogens with zero attached hydrogens (tertiary/aromatic N) is 4. The van der Waals surface area contributed by atoms with E-state index in [9.17, 15) is 19.1 Å². The Kier molecular flexibility index (Phi) is 5.12. The SMILES string of the molecule is CNc1cc(F)c(F)c2c1Cc1ncc(-c3cnc4c(c3)c(=O)c(C(=O)O)cn4C)c(N3CC4CC4(CN)C3)c1-2. The van der Waals surface area contributed by atoms with Gasteiger partial charge in [-0.3, -0.25) is 9.78 Å². The summed E-state index contributed by atoms with van der Waals surface area (Å²) in [5, 5.41) is 12.7. The van der Waals surface area contributed by atoms with Crippen LogP contribution in [-0.4, -0.2) is 52.3 Å². The Morgan fingerprint density at radius 3 is 2.75 bits per heavy atom. The first-order chi connectivity index (χ1) is 19.2. The minimum Gasteiger partial charge on any atom is -0.477 e. The molecule has 2 atom stereocenters. The van der Waals surface area contributed by atoms with E-state index >= 15 is 4.39 Å². The van der Waals surface area contributed by atoms with Crippen LogP contribution in [0, 0.1) is 23.0 Å². The van der Waals surface area contributed by atoms with Crippen LogP contribution in [0.3, 0.4) is 0 Å². The number of carboxylic acid groups (broad SMARTS) is 1. The third-order valence-corrected chi connectivity index (χ3v) is 8.90. The number of nitrogens with one attached hydrogen (secondary N) is 1. The summed E-state index contributed by atoms with van der Waals surface area (Å²) in [5.74, 6) is -2.81. The van der Waals surface area contributed by atoms with Gasteiger partial charge in [-0.05, 0) is 30.5 Å². The molecule has 1 aliphatic heterocycles. The fourth-order valence-electron chi connectivity index (χ4n) is 6.72. The topological polar surface area (TPSA) is 126 Å². The van der Waals surface area contributed by atoms with Crippen molar-refractivity contribution in [3.05, 3.63) is 69.4 Å². The molecule has 4 N–H and O–H groups in total. The van der Waals surface area contributed by atoms with Gasteiger partial charge < -0.3 is 25.6 Å². The lowest BCUT2D eigenvalue weighted by Gasteiger charge is -2.28. The van der Waals surface area contributed by atoms with E-state index < -0.39 is 23.0 Å². The van der Waals surface area contributed by atoms with Crippen LogP contribution in [0.4, 0.5) is 20.2 Å². The van der Waals surface area contributed by atoms with E-state index in [0.29, 0.717) is 76.9 Å². The largest absolute Gasteiger partial charge is 0.477 e. The smallest absolute Gasteiger partial charge is 0.341 e. The van der Waals surface area contributed by atoms with Gasteiger partial charge in [0.15, 0.2) is 11.6 Å². The van der Waals surface area contributed by atoms with E-state index in [1.807, 2.05) is 0 Å². The van der Waals surface area contributed by atoms with Crippen LogP contribution >= 0.6 is 0 Å². The monoisotopic (exact) mass is 544 g/mol. The first-order valence-corrected chi connectivity index (χ1v) is 13.1. The van der Waals surface area contributed by atoms with Crippen molar-refractivity contribution < 1.29 is 18.7 Å². The van der Waals surface area contributed by atoms with Crippen LogP contribution in [0.1, 0.15) is 28.0 Å². The Morgan fingerprint density at radius 2 is 2.05 bits per heavy atom. The van der Waals surface area contributed by atoms with Crippen molar-refractivity contribution >= 4 is 28.4 Å². The zero-order valence-electron chi connectivity index (χ0n) is 21.9. The van der Waals surface area contributed by atoms with Crippen molar-refractivity contribution in [2.24, 2.45) is 24.1 Å². The van der Waals surface area contributed by atoms with Crippen LogP contribution in [-0.2, 0) is 13.5 Å². The third-order valence-electron chi connectivity index (χ3n) is 8.90. The van der Waals surface area contributed by atoms with Gasteiger partial charge in [0.1, 0.15) is 11.2 Å². The summed E-state index contributed by atoms with van der Waals surface area (Å²) >= 11 is 0. The molecule has 1 aromatic carbocycles. The molecule has 1 saturated carbocycles. The van der Waals surface area contributed by atoms with Crippen molar-refractivity contribution in [1.82, 2.24) is 14.5 Å². The number of hydrogen-bond acceptors (Lipinski definition) is 7. The van der Waals surface area contributed by atoms with Gasteiger partial charge in [-0.1, -0.05) is 0 Å². The van der Waals surface area contributed by atoms with Gasteiger partial charge in [0.2, 0.25) is 5.43 Å². The van der Waals surface area contributed by atoms with Gasteiger partial charge in [0, 0.05) is 91.6 Å². The third kappa shape index (κ3) is 3.27. The second-order valence-corrected chi connectivity index (χ2v) is 11.1. The molecule has 2 fully saturated rings. The first-order valence-electron chi connectivity index (χ1n) is 13.1. The number of anilines is 2. The lowest BCUT2D eigenvalue weighted by molar-refractivity contribution is 0.0695. The predicted molar refractivity (Wildman–Crippen MR) is 147 cm³/mol. The molecule has 2 unspecified atom stereocenters. The maximum absolute atomic E-state index is 15.6. The highest BCUT2D eigenvalue weighted by Crippen LogP contribution is 2.60. The van der Waals surface area contributed by atoms with Crippen molar-refractivity contribution in [1.29, 1.82) is 0 Å². The molecule has 0 radical (unpaired) electrons. The molecule has 3 aromatic heterocycles. The molecule has 9 nitrogen and oxygen atoms in total. The number of pyridine rings is 3. The average molecular weight is 545 g/mol. The number of aromatic carboxylic acids is 1. The number of aromatic nitrogens is 3. The van der Waals surface area contributed by atoms with E-state index in [4.69, 9.17) is 5.73 Å². The Labute approximate surface area is 227 Å². The van der Waals surface area contributed by atoms with Gasteiger partial charge in [0.05, 0.1) is 16.8 Å². The van der Waals surface area contributed by atoms with E-state index in [-0.39, 0.29) is 21.9 Å². The van der Waals surface area contributed by atoms with Gasteiger partial charge in [-0.2, -0.15) is 0 Å². The summed E-state index contributed by atoms with van der Waals surface area (Å²) in [6.45, 7) is 1.90. The zero-order chi connectivity index (χ0) is 28.1. The Morgan fingerprint density at radius 1 is 1.25 bits per heavy atom. The normalized spacial score (nSPS) is 20.4. The number of nitrogens with two attached hydrogens (primary N) is 1. The van der Waals surface area contributed by atoms with Crippen molar-refractivity contribution in [2.75, 3.05) is 36.9 Å². The van der Waals surface area contributed by atoms with Crippen molar-refractivity contribution in [3.63, 3.8) is 0 Å². The van der Waals surface area contributed by atoms with Gasteiger partial charge >= 0.3 is 5.97 Å². The minimum absolute atomic E-state index is 0.0144. The molecule has 7 rings (SSSR count). The molecule has 4 aromatic rings. The molecule has 0 amide bonds. The molecule has 2 aliphatic carbocycles. The molecule has 40 heavy (non-hydrogen) atoms. The standard InChI is InChI=1S/C29H26F2N6O3/c1-33-20-5-19(30)24(31)22-15(20)4-21-23(22)25(37-9-14-6-29(14,11-32)12-37)17(8-34-21)13-3-16-26(38)18(28(39)40)10-36(2)27(16)35-7-13/h3,5,7-8,10,14,33H,4,6,9,11-12,32H2,1-2H3,(H,39,40). The number of benzene rings is 1. The highest BCUT2D eigenvalue weighted by Gasteiger charge is 2.59. The summed E-state index contributed by atoms with van der Waals surface area (Å²) in [6, 6.07) is 2.77. The summed E-state index contributed by atoms with van der Waals surface area (Å²) in [4.78, 5) is 36.2. The number of rotatable bonds is 5. The average Bonchev–Trinajstić information content (AvgIpc) is 3.29. The molecule has 0 spiro atoms. The maximum Gasteiger partial charge on any atom is 0.341 e. The van der Waals surface area contributed by atoms with Crippen LogP contribution in [0.15, 0.2) is 35.5 Å². The molecule has 11 heteroatoms. The second-order valence-electron chi connectivity index (χ2n) is 11.1. The van der Waals surface area contributed by atoms with Crippen LogP contribution < -0.4 is 21.4 Å². The Balaban J connectivity index is 1.51. The van der Waals surface area contributed by atoms with Crippen LogP contribution in [0.5, 0.6) is 0 Å². The number of halogens is 2. The van der Waals surface area contributed by atoms with Crippen LogP contribution in [0.2, 0.25) is 0 Å². The molecule has 1 saturated heterocycles. The van der Waals surface area contributed by atoms with Crippen molar-refractivity contribution in [2.45, 2.75) is 12.8 Å². The zero-order valence-corrected chi connectivity index (χ0v) is 21.9. The fourth-order valence-corrected chi connectivity index (χ4v) is 6.72. The lowest BCUT2D eigenvalue weighted by atomic mass is 9.96. The number of piperidine rings is 1. The maximum atomic E-state index is 15.6. The number of aryl methyl sites for hydroxylation is 1. The fraction of sp³-hybridized carbons (Fsp3) is 0.310. The molecule has 3 aliphatic rings. The number of fused-ring (bicyclic) bond motifs is 5. The van der Waals surface area contributed by atoms with Gasteiger partial charge in [-0.15, -0.1) is 0 Å². The van der Waals surface area contributed by atoms with E-state index in [1.165, 1.54) is 10.8 Å². The lowest BCUT2D eigenvalue weighted by Crippen LogP contribution is -2.29. The van der Waals surface area contributed by atoms with E-state index in [0.717, 1.165) is 12.5 Å². The Bertz CT molecular complexity index is 1850. The van der Waals surface area contributed by atoms with Crippen LogP contribution in [0.25, 0.3) is 33.3 Å². The number of carbonyl (C=O) groups is 1. The highest BCUT2D eigenvalue weighted by atomic mass is 19.2. The molecule has 4 heterocycles. The van der Waals surface area contributed by atoms with Gasteiger partial charge in [0.25, 0.3) is 0 Å². The minimum atomic E-state index is -1.33. The molecular formula is C29H26F2N6O3. The number of carboxylic acids is 1. The Hall–Kier alpha value is -4.38. The molecule has 204 valence electrons. The summed E-state index contributed by atoms with van der Waals surface area (Å²) in [6.07, 6.45) is 5.89. The van der Waals surface area contributed by atoms with E-state index in [2.05, 4.69) is 20.2 Å². The van der Waals surface area contributed by atoms with Gasteiger partial charge in [-0.25, -0.2) is 18.6 Å². The molecular weight excluding hydrogens is 518 g/mol. The summed E-state index contributed by atoms with van der Waals surface area (Å²) in [7, 11) is 3.29. The van der Waals surface area contributed by atoms with E-state index in [1.54, 1.807) is 32.6 Å².